The van der Waals surface area contributed by atoms with Crippen LogP contribution in [0.2, 0.25) is 5.02 Å². The largest absolute Gasteiger partial charge is 0.378 e. The van der Waals surface area contributed by atoms with Crippen LogP contribution in [0, 0.1) is 0 Å². The molecule has 0 saturated heterocycles. The Kier molecular flexibility index (Phi) is 5.29. The molecule has 0 fully saturated rings. The quantitative estimate of drug-likeness (QED) is 0.580. The Bertz CT molecular complexity index is 802. The third-order valence-electron chi connectivity index (χ3n) is 3.85. The van der Waals surface area contributed by atoms with Crippen LogP contribution in [0.3, 0.4) is 0 Å². The van der Waals surface area contributed by atoms with Gasteiger partial charge in [-0.2, -0.15) is 0 Å². The molecule has 0 aliphatic heterocycles. The molecule has 3 aromatic rings. The highest BCUT2D eigenvalue weighted by atomic mass is 35.5. The number of Topliss-reactive ketones (excluding diaryl/α,β-unsaturated/α-hetero) is 1. The molecule has 24 heavy (non-hydrogen) atoms. The van der Waals surface area contributed by atoms with E-state index in [2.05, 4.69) is 5.32 Å². The van der Waals surface area contributed by atoms with E-state index in [1.807, 2.05) is 84.9 Å². The first kappa shape index (κ1) is 16.3. The minimum atomic E-state index is -0.114. The fourth-order valence-electron chi connectivity index (χ4n) is 2.64. The number of hydrogen-bond donors (Lipinski definition) is 1. The van der Waals surface area contributed by atoms with Crippen LogP contribution >= 0.6 is 11.6 Å². The van der Waals surface area contributed by atoms with Crippen molar-refractivity contribution >= 4 is 23.1 Å². The first-order valence-corrected chi connectivity index (χ1v) is 8.25. The maximum Gasteiger partial charge on any atom is 0.165 e. The number of ketones is 1. The Balaban J connectivity index is 1.84. The van der Waals surface area contributed by atoms with Gasteiger partial charge >= 0.3 is 0 Å². The van der Waals surface area contributed by atoms with Gasteiger partial charge < -0.3 is 5.32 Å². The van der Waals surface area contributed by atoms with Crippen LogP contribution in [0.4, 0.5) is 5.69 Å². The lowest BCUT2D eigenvalue weighted by Crippen LogP contribution is -2.15. The van der Waals surface area contributed by atoms with Crippen LogP contribution in [0.15, 0.2) is 84.9 Å². The van der Waals surface area contributed by atoms with Crippen LogP contribution in [-0.4, -0.2) is 5.78 Å². The number of rotatable bonds is 6. The summed E-state index contributed by atoms with van der Waals surface area (Å²) in [5.41, 5.74) is 2.70. The molecule has 0 spiro atoms. The van der Waals surface area contributed by atoms with Gasteiger partial charge in [0, 0.05) is 22.7 Å². The number of halogens is 1. The van der Waals surface area contributed by atoms with E-state index in [4.69, 9.17) is 11.6 Å². The minimum absolute atomic E-state index is 0.110. The summed E-state index contributed by atoms with van der Waals surface area (Å²) in [5, 5.41) is 4.10. The van der Waals surface area contributed by atoms with Gasteiger partial charge in [0.25, 0.3) is 0 Å². The molecule has 0 aliphatic carbocycles. The van der Waals surface area contributed by atoms with Crippen molar-refractivity contribution in [3.05, 3.63) is 101 Å². The third kappa shape index (κ3) is 4.24. The first-order chi connectivity index (χ1) is 11.7. The molecule has 120 valence electrons. The molecule has 1 N–H and O–H groups in total. The van der Waals surface area contributed by atoms with Crippen molar-refractivity contribution in [2.45, 2.75) is 12.5 Å². The van der Waals surface area contributed by atoms with Gasteiger partial charge in [0.15, 0.2) is 5.78 Å². The van der Waals surface area contributed by atoms with Crippen LogP contribution in [0.25, 0.3) is 0 Å². The van der Waals surface area contributed by atoms with Crippen LogP contribution in [0.1, 0.15) is 28.4 Å². The molecule has 1 unspecified atom stereocenters. The van der Waals surface area contributed by atoms with E-state index in [1.54, 1.807) is 0 Å². The van der Waals surface area contributed by atoms with Gasteiger partial charge in [-0.15, -0.1) is 0 Å². The number of anilines is 1. The topological polar surface area (TPSA) is 29.1 Å². The molecule has 0 bridgehead atoms. The summed E-state index contributed by atoms with van der Waals surface area (Å²) >= 11 is 6.07. The zero-order valence-electron chi connectivity index (χ0n) is 13.2. The predicted molar refractivity (Wildman–Crippen MR) is 99.6 cm³/mol. The van der Waals surface area contributed by atoms with Crippen molar-refractivity contribution < 1.29 is 4.79 Å². The lowest BCUT2D eigenvalue weighted by Gasteiger charge is -2.20. The van der Waals surface area contributed by atoms with E-state index in [0.717, 1.165) is 16.8 Å². The fourth-order valence-corrected chi connectivity index (χ4v) is 2.83. The summed E-state index contributed by atoms with van der Waals surface area (Å²) in [7, 11) is 0. The Morgan fingerprint density at radius 1 is 0.875 bits per heavy atom. The lowest BCUT2D eigenvalue weighted by molar-refractivity contribution is 0.0976. The molecule has 1 atom stereocenters. The number of carbonyl (C=O) groups excluding carboxylic acids is 1. The molecule has 3 rings (SSSR count). The lowest BCUT2D eigenvalue weighted by atomic mass is 9.97. The van der Waals surface area contributed by atoms with Crippen molar-refractivity contribution in [3.8, 4) is 0 Å². The highest BCUT2D eigenvalue weighted by molar-refractivity contribution is 6.30. The first-order valence-electron chi connectivity index (χ1n) is 7.87. The molecule has 0 heterocycles. The van der Waals surface area contributed by atoms with Gasteiger partial charge in [-0.05, 0) is 23.8 Å². The van der Waals surface area contributed by atoms with Crippen molar-refractivity contribution in [2.24, 2.45) is 0 Å². The number of benzene rings is 3. The van der Waals surface area contributed by atoms with Crippen molar-refractivity contribution in [1.82, 2.24) is 0 Å². The SMILES string of the molecule is O=C(CC(Nc1cccc(Cl)c1)c1ccccc1)c1ccccc1. The van der Waals surface area contributed by atoms with Gasteiger partial charge in [-0.1, -0.05) is 78.3 Å². The molecule has 0 aliphatic rings. The van der Waals surface area contributed by atoms with E-state index < -0.39 is 0 Å². The van der Waals surface area contributed by atoms with Crippen molar-refractivity contribution in [1.29, 1.82) is 0 Å². The van der Waals surface area contributed by atoms with Crippen molar-refractivity contribution in [2.75, 3.05) is 5.32 Å². The van der Waals surface area contributed by atoms with Crippen LogP contribution in [-0.2, 0) is 0 Å². The highest BCUT2D eigenvalue weighted by Gasteiger charge is 2.17. The molecule has 2 nitrogen and oxygen atoms in total. The number of nitrogens with one attached hydrogen (secondary N) is 1. The zero-order valence-corrected chi connectivity index (χ0v) is 13.9. The van der Waals surface area contributed by atoms with E-state index in [1.165, 1.54) is 0 Å². The van der Waals surface area contributed by atoms with Gasteiger partial charge in [0.2, 0.25) is 0 Å². The standard InChI is InChI=1S/C21H18ClNO/c22-18-12-7-13-19(14-18)23-20(16-8-3-1-4-9-16)15-21(24)17-10-5-2-6-11-17/h1-14,20,23H,15H2. The second-order valence-electron chi connectivity index (χ2n) is 5.61. The molecular formula is C21H18ClNO. The Hall–Kier alpha value is -2.58. The van der Waals surface area contributed by atoms with Crippen LogP contribution < -0.4 is 5.32 Å². The second kappa shape index (κ2) is 7.80. The summed E-state index contributed by atoms with van der Waals surface area (Å²) in [6, 6.07) is 26.8. The monoisotopic (exact) mass is 335 g/mol. The summed E-state index contributed by atoms with van der Waals surface area (Å²) in [6.45, 7) is 0. The summed E-state index contributed by atoms with van der Waals surface area (Å²) in [4.78, 5) is 12.6. The summed E-state index contributed by atoms with van der Waals surface area (Å²) < 4.78 is 0. The van der Waals surface area contributed by atoms with E-state index in [0.29, 0.717) is 11.4 Å². The van der Waals surface area contributed by atoms with Crippen LogP contribution in [0.5, 0.6) is 0 Å². The van der Waals surface area contributed by atoms with Gasteiger partial charge in [-0.25, -0.2) is 0 Å². The van der Waals surface area contributed by atoms with E-state index >= 15 is 0 Å². The minimum Gasteiger partial charge on any atom is -0.378 e. The highest BCUT2D eigenvalue weighted by Crippen LogP contribution is 2.26. The fraction of sp³-hybridized carbons (Fsp3) is 0.0952. The normalized spacial score (nSPS) is 11.7. The second-order valence-corrected chi connectivity index (χ2v) is 6.05. The smallest absolute Gasteiger partial charge is 0.165 e. The predicted octanol–water partition coefficient (Wildman–Crippen LogP) is 5.77. The Labute approximate surface area is 147 Å². The zero-order chi connectivity index (χ0) is 16.8. The average Bonchev–Trinajstić information content (AvgIpc) is 2.63. The van der Waals surface area contributed by atoms with Gasteiger partial charge in [0.05, 0.1) is 6.04 Å². The van der Waals surface area contributed by atoms with Gasteiger partial charge in [0.1, 0.15) is 0 Å². The maximum atomic E-state index is 12.6. The van der Waals surface area contributed by atoms with E-state index in [9.17, 15) is 4.79 Å². The molecule has 0 saturated carbocycles. The number of carbonyl (C=O) groups is 1. The van der Waals surface area contributed by atoms with Crippen molar-refractivity contribution in [3.63, 3.8) is 0 Å². The molecule has 3 aromatic carbocycles. The Morgan fingerprint density at radius 2 is 1.54 bits per heavy atom. The molecule has 0 radical (unpaired) electrons. The average molecular weight is 336 g/mol. The maximum absolute atomic E-state index is 12.6. The molecule has 0 amide bonds. The molecule has 3 heteroatoms. The van der Waals surface area contributed by atoms with Gasteiger partial charge in [-0.3, -0.25) is 4.79 Å². The Morgan fingerprint density at radius 3 is 2.21 bits per heavy atom. The molecular weight excluding hydrogens is 318 g/mol. The molecule has 0 aromatic heterocycles. The van der Waals surface area contributed by atoms with E-state index in [-0.39, 0.29) is 11.8 Å². The third-order valence-corrected chi connectivity index (χ3v) is 4.09. The summed E-state index contributed by atoms with van der Waals surface area (Å²) in [6.07, 6.45) is 0.376. The number of hydrogen-bond acceptors (Lipinski definition) is 2. The summed E-state index contributed by atoms with van der Waals surface area (Å²) in [5.74, 6) is 0.110.